The third-order valence-corrected chi connectivity index (χ3v) is 3.67. The van der Waals surface area contributed by atoms with E-state index in [-0.39, 0.29) is 0 Å². The lowest BCUT2D eigenvalue weighted by molar-refractivity contribution is 0.208. The van der Waals surface area contributed by atoms with Crippen molar-refractivity contribution in [2.75, 3.05) is 40.4 Å². The lowest BCUT2D eigenvalue weighted by Gasteiger charge is -2.22. The maximum Gasteiger partial charge on any atom is 0.132 e. The van der Waals surface area contributed by atoms with E-state index in [4.69, 9.17) is 10.5 Å². The first-order chi connectivity index (χ1) is 10.7. The number of likely N-dealkylation sites (N-methyl/N-ethyl adjacent to an activating group) is 1. The lowest BCUT2D eigenvalue weighted by atomic mass is 9.98. The zero-order valence-electron chi connectivity index (χ0n) is 13.3. The fourth-order valence-corrected chi connectivity index (χ4v) is 2.27. The predicted octanol–water partition coefficient (Wildman–Crippen LogP) is 1.79. The van der Waals surface area contributed by atoms with E-state index in [2.05, 4.69) is 40.1 Å². The minimum atomic E-state index is 0.477. The van der Waals surface area contributed by atoms with Crippen molar-refractivity contribution < 1.29 is 4.74 Å². The zero-order valence-corrected chi connectivity index (χ0v) is 13.3. The SMILES string of the molecule is COCCN=CN=C(N)c1ccc(C2=CCN(C)CC2)cc1. The smallest absolute Gasteiger partial charge is 0.132 e. The highest BCUT2D eigenvalue weighted by Gasteiger charge is 2.09. The molecule has 0 aromatic heterocycles. The number of nitrogens with zero attached hydrogens (tertiary/aromatic N) is 3. The average Bonchev–Trinajstić information content (AvgIpc) is 2.55. The third-order valence-electron chi connectivity index (χ3n) is 3.67. The van der Waals surface area contributed by atoms with Crippen LogP contribution in [0.1, 0.15) is 17.5 Å². The van der Waals surface area contributed by atoms with Gasteiger partial charge in [-0.25, -0.2) is 4.99 Å². The molecule has 1 aromatic carbocycles. The van der Waals surface area contributed by atoms with Gasteiger partial charge in [-0.2, -0.15) is 0 Å². The molecule has 0 spiro atoms. The number of hydrogen-bond acceptors (Lipinski definition) is 3. The Hall–Kier alpha value is -1.98. The zero-order chi connectivity index (χ0) is 15.8. The monoisotopic (exact) mass is 300 g/mol. The molecule has 0 aliphatic carbocycles. The summed E-state index contributed by atoms with van der Waals surface area (Å²) in [7, 11) is 3.79. The number of rotatable bonds is 6. The molecule has 2 N–H and O–H groups in total. The van der Waals surface area contributed by atoms with E-state index in [1.165, 1.54) is 17.5 Å². The molecule has 1 aromatic rings. The largest absolute Gasteiger partial charge is 0.383 e. The molecule has 5 heteroatoms. The average molecular weight is 300 g/mol. The summed E-state index contributed by atoms with van der Waals surface area (Å²) in [6, 6.07) is 8.24. The van der Waals surface area contributed by atoms with Crippen LogP contribution in [0.15, 0.2) is 40.3 Å². The number of nitrogens with two attached hydrogens (primary N) is 1. The van der Waals surface area contributed by atoms with Crippen molar-refractivity contribution >= 4 is 17.7 Å². The summed E-state index contributed by atoms with van der Waals surface area (Å²) in [6.45, 7) is 3.30. The van der Waals surface area contributed by atoms with Crippen LogP contribution in [0.4, 0.5) is 0 Å². The van der Waals surface area contributed by atoms with E-state index >= 15 is 0 Å². The Balaban J connectivity index is 1.99. The second-order valence-corrected chi connectivity index (χ2v) is 5.35. The van der Waals surface area contributed by atoms with Crippen molar-refractivity contribution in [3.63, 3.8) is 0 Å². The number of benzene rings is 1. The van der Waals surface area contributed by atoms with Crippen molar-refractivity contribution in [3.8, 4) is 0 Å². The molecule has 22 heavy (non-hydrogen) atoms. The molecule has 0 fully saturated rings. The molecule has 0 saturated carbocycles. The van der Waals surface area contributed by atoms with E-state index in [9.17, 15) is 0 Å². The molecule has 5 nitrogen and oxygen atoms in total. The maximum atomic E-state index is 5.96. The Labute approximate surface area is 132 Å². The van der Waals surface area contributed by atoms with E-state index in [1.54, 1.807) is 7.11 Å². The minimum Gasteiger partial charge on any atom is -0.383 e. The number of ether oxygens (including phenoxy) is 1. The topological polar surface area (TPSA) is 63.2 Å². The minimum absolute atomic E-state index is 0.477. The molecule has 0 radical (unpaired) electrons. The van der Waals surface area contributed by atoms with Gasteiger partial charge in [0, 0.05) is 25.8 Å². The second kappa shape index (κ2) is 8.46. The van der Waals surface area contributed by atoms with E-state index in [0.29, 0.717) is 19.0 Å². The highest BCUT2D eigenvalue weighted by atomic mass is 16.5. The number of aliphatic imine (C=N–C) groups is 2. The van der Waals surface area contributed by atoms with Gasteiger partial charge in [0.2, 0.25) is 0 Å². The summed E-state index contributed by atoms with van der Waals surface area (Å²) in [5, 5.41) is 0. The standard InChI is InChI=1S/C17H24N4O/c1-21-10-7-15(8-11-21)14-3-5-16(6-4-14)17(18)20-13-19-9-12-22-2/h3-7,13H,8-12H2,1-2H3,(H2,18,19,20). The summed E-state index contributed by atoms with van der Waals surface area (Å²) in [4.78, 5) is 10.5. The quantitative estimate of drug-likeness (QED) is 0.495. The molecule has 0 atom stereocenters. The van der Waals surface area contributed by atoms with Crippen LogP contribution in [0.3, 0.4) is 0 Å². The van der Waals surface area contributed by atoms with E-state index in [0.717, 1.165) is 25.1 Å². The molecule has 118 valence electrons. The number of methoxy groups -OCH3 is 1. The van der Waals surface area contributed by atoms with Gasteiger partial charge in [0.05, 0.1) is 13.2 Å². The van der Waals surface area contributed by atoms with Crippen LogP contribution in [0, 0.1) is 0 Å². The molecule has 1 aliphatic rings. The molecule has 0 saturated heterocycles. The normalized spacial score (nSPS) is 17.0. The number of hydrogen-bond donors (Lipinski definition) is 1. The van der Waals surface area contributed by atoms with Crippen LogP contribution >= 0.6 is 0 Å². The summed E-state index contributed by atoms with van der Waals surface area (Å²) >= 11 is 0. The van der Waals surface area contributed by atoms with Crippen molar-refractivity contribution in [2.24, 2.45) is 15.7 Å². The van der Waals surface area contributed by atoms with Crippen molar-refractivity contribution in [2.45, 2.75) is 6.42 Å². The third kappa shape index (κ3) is 4.79. The van der Waals surface area contributed by atoms with Gasteiger partial charge in [0.1, 0.15) is 12.2 Å². The van der Waals surface area contributed by atoms with Gasteiger partial charge < -0.3 is 15.4 Å². The Bertz CT molecular complexity index is 561. The van der Waals surface area contributed by atoms with Gasteiger partial charge in [-0.05, 0) is 24.6 Å². The van der Waals surface area contributed by atoms with Gasteiger partial charge in [0.15, 0.2) is 0 Å². The predicted molar refractivity (Wildman–Crippen MR) is 92.5 cm³/mol. The molecular weight excluding hydrogens is 276 g/mol. The molecular formula is C17H24N4O. The first-order valence-electron chi connectivity index (χ1n) is 7.49. The summed E-state index contributed by atoms with van der Waals surface area (Å²) in [5.41, 5.74) is 9.54. The van der Waals surface area contributed by atoms with Gasteiger partial charge in [-0.15, -0.1) is 0 Å². The van der Waals surface area contributed by atoms with Crippen molar-refractivity contribution in [3.05, 3.63) is 41.5 Å². The Kier molecular flexibility index (Phi) is 6.30. The Morgan fingerprint density at radius 2 is 2.14 bits per heavy atom. The fraction of sp³-hybridized carbons (Fsp3) is 0.412. The molecule has 0 unspecified atom stereocenters. The highest BCUT2D eigenvalue weighted by molar-refractivity contribution is 6.01. The van der Waals surface area contributed by atoms with Crippen LogP contribution in [0.5, 0.6) is 0 Å². The first-order valence-corrected chi connectivity index (χ1v) is 7.49. The number of amidine groups is 1. The van der Waals surface area contributed by atoms with Gasteiger partial charge in [-0.1, -0.05) is 30.3 Å². The summed E-state index contributed by atoms with van der Waals surface area (Å²) in [6.07, 6.45) is 4.87. The Morgan fingerprint density at radius 1 is 1.36 bits per heavy atom. The van der Waals surface area contributed by atoms with Crippen LogP contribution in [-0.4, -0.2) is 57.5 Å². The molecule has 0 bridgehead atoms. The summed E-state index contributed by atoms with van der Waals surface area (Å²) < 4.78 is 4.91. The molecule has 1 heterocycles. The fourth-order valence-electron chi connectivity index (χ4n) is 2.27. The van der Waals surface area contributed by atoms with Crippen molar-refractivity contribution in [1.82, 2.24) is 4.90 Å². The van der Waals surface area contributed by atoms with Crippen molar-refractivity contribution in [1.29, 1.82) is 0 Å². The van der Waals surface area contributed by atoms with Crippen LogP contribution in [-0.2, 0) is 4.74 Å². The molecule has 2 rings (SSSR count). The second-order valence-electron chi connectivity index (χ2n) is 5.35. The molecule has 1 aliphatic heterocycles. The van der Waals surface area contributed by atoms with E-state index < -0.39 is 0 Å². The van der Waals surface area contributed by atoms with Gasteiger partial charge in [-0.3, -0.25) is 4.99 Å². The van der Waals surface area contributed by atoms with Crippen LogP contribution < -0.4 is 5.73 Å². The molecule has 0 amide bonds. The van der Waals surface area contributed by atoms with E-state index in [1.807, 2.05) is 12.1 Å². The summed E-state index contributed by atoms with van der Waals surface area (Å²) in [5.74, 6) is 0.477. The van der Waals surface area contributed by atoms with Gasteiger partial charge in [0.25, 0.3) is 0 Å². The maximum absolute atomic E-state index is 5.96. The van der Waals surface area contributed by atoms with Crippen LogP contribution in [0.2, 0.25) is 0 Å². The lowest BCUT2D eigenvalue weighted by Crippen LogP contribution is -2.23. The highest BCUT2D eigenvalue weighted by Crippen LogP contribution is 2.21. The van der Waals surface area contributed by atoms with Crippen LogP contribution in [0.25, 0.3) is 5.57 Å². The van der Waals surface area contributed by atoms with Gasteiger partial charge >= 0.3 is 0 Å². The first kappa shape index (κ1) is 16.4. The Morgan fingerprint density at radius 3 is 2.77 bits per heavy atom.